The van der Waals surface area contributed by atoms with Crippen LogP contribution in [0.4, 0.5) is 0 Å². The summed E-state index contributed by atoms with van der Waals surface area (Å²) in [5, 5.41) is 9.18. The van der Waals surface area contributed by atoms with E-state index >= 15 is 0 Å². The Labute approximate surface area is 87.4 Å². The smallest absolute Gasteiger partial charge is 0.119 e. The SMILES string of the molecule is CSc1ccc(-c2ccccc2)nn1. The largest absolute Gasteiger partial charge is 0.149 e. The molecule has 0 radical (unpaired) electrons. The van der Waals surface area contributed by atoms with Crippen molar-refractivity contribution in [3.63, 3.8) is 0 Å². The molecule has 14 heavy (non-hydrogen) atoms. The second-order valence-electron chi connectivity index (χ2n) is 2.83. The van der Waals surface area contributed by atoms with E-state index in [4.69, 9.17) is 0 Å². The Kier molecular flexibility index (Phi) is 2.79. The molecule has 0 N–H and O–H groups in total. The molecule has 3 heteroatoms. The Morgan fingerprint density at radius 3 is 2.29 bits per heavy atom. The van der Waals surface area contributed by atoms with Gasteiger partial charge in [0.2, 0.25) is 0 Å². The minimum absolute atomic E-state index is 0.920. The molecule has 0 unspecified atom stereocenters. The molecule has 2 rings (SSSR count). The van der Waals surface area contributed by atoms with Crippen molar-refractivity contribution in [1.29, 1.82) is 0 Å². The molecule has 0 bridgehead atoms. The van der Waals surface area contributed by atoms with Crippen LogP contribution < -0.4 is 0 Å². The Morgan fingerprint density at radius 2 is 1.71 bits per heavy atom. The van der Waals surface area contributed by atoms with E-state index in [-0.39, 0.29) is 0 Å². The molecule has 1 heterocycles. The molecule has 0 aliphatic heterocycles. The highest BCUT2D eigenvalue weighted by atomic mass is 32.2. The zero-order valence-corrected chi connectivity index (χ0v) is 8.66. The van der Waals surface area contributed by atoms with Crippen LogP contribution in [-0.2, 0) is 0 Å². The number of benzene rings is 1. The van der Waals surface area contributed by atoms with Gasteiger partial charge >= 0.3 is 0 Å². The Morgan fingerprint density at radius 1 is 0.929 bits per heavy atom. The molecule has 2 nitrogen and oxygen atoms in total. The van der Waals surface area contributed by atoms with Gasteiger partial charge in [0.25, 0.3) is 0 Å². The van der Waals surface area contributed by atoms with E-state index in [1.807, 2.05) is 48.7 Å². The van der Waals surface area contributed by atoms with Gasteiger partial charge in [0.05, 0.1) is 5.69 Å². The lowest BCUT2D eigenvalue weighted by molar-refractivity contribution is 0.937. The lowest BCUT2D eigenvalue weighted by Crippen LogP contribution is -1.88. The first-order valence-electron chi connectivity index (χ1n) is 4.33. The molecule has 1 aromatic heterocycles. The highest BCUT2D eigenvalue weighted by Gasteiger charge is 1.98. The molecular formula is C11H10N2S. The minimum atomic E-state index is 0.920. The molecule has 0 saturated heterocycles. The van der Waals surface area contributed by atoms with Crippen molar-refractivity contribution in [2.45, 2.75) is 5.03 Å². The van der Waals surface area contributed by atoms with Gasteiger partial charge in [0.1, 0.15) is 5.03 Å². The number of aromatic nitrogens is 2. The van der Waals surface area contributed by atoms with Crippen LogP contribution in [0, 0.1) is 0 Å². The van der Waals surface area contributed by atoms with Crippen LogP contribution in [0.1, 0.15) is 0 Å². The zero-order chi connectivity index (χ0) is 9.80. The summed E-state index contributed by atoms with van der Waals surface area (Å²) < 4.78 is 0. The molecule has 0 aliphatic carbocycles. The Balaban J connectivity index is 2.34. The van der Waals surface area contributed by atoms with Gasteiger partial charge in [-0.15, -0.1) is 22.0 Å². The van der Waals surface area contributed by atoms with Gasteiger partial charge in [-0.25, -0.2) is 0 Å². The van der Waals surface area contributed by atoms with Crippen LogP contribution in [0.2, 0.25) is 0 Å². The number of hydrogen-bond donors (Lipinski definition) is 0. The predicted molar refractivity (Wildman–Crippen MR) is 59.2 cm³/mol. The van der Waals surface area contributed by atoms with E-state index in [2.05, 4.69) is 10.2 Å². The maximum absolute atomic E-state index is 4.15. The summed E-state index contributed by atoms with van der Waals surface area (Å²) in [7, 11) is 0. The quantitative estimate of drug-likeness (QED) is 0.700. The highest BCUT2D eigenvalue weighted by Crippen LogP contribution is 2.17. The number of hydrogen-bond acceptors (Lipinski definition) is 3. The van der Waals surface area contributed by atoms with Crippen molar-refractivity contribution >= 4 is 11.8 Å². The highest BCUT2D eigenvalue weighted by molar-refractivity contribution is 7.98. The molecule has 70 valence electrons. The lowest BCUT2D eigenvalue weighted by atomic mass is 10.1. The van der Waals surface area contributed by atoms with Crippen molar-refractivity contribution < 1.29 is 0 Å². The molecule has 0 amide bonds. The predicted octanol–water partition coefficient (Wildman–Crippen LogP) is 2.87. The second kappa shape index (κ2) is 4.24. The van der Waals surface area contributed by atoms with Crippen LogP contribution in [0.3, 0.4) is 0 Å². The van der Waals surface area contributed by atoms with Gasteiger partial charge in [-0.05, 0) is 18.4 Å². The molecule has 2 aromatic rings. The van der Waals surface area contributed by atoms with E-state index in [0.717, 1.165) is 16.3 Å². The average molecular weight is 202 g/mol. The van der Waals surface area contributed by atoms with E-state index in [1.54, 1.807) is 11.8 Å². The zero-order valence-electron chi connectivity index (χ0n) is 7.84. The molecule has 0 saturated carbocycles. The number of thioether (sulfide) groups is 1. The van der Waals surface area contributed by atoms with Crippen LogP contribution >= 0.6 is 11.8 Å². The first-order chi connectivity index (χ1) is 6.90. The van der Waals surface area contributed by atoms with Gasteiger partial charge in [0.15, 0.2) is 0 Å². The van der Waals surface area contributed by atoms with E-state index in [9.17, 15) is 0 Å². The molecular weight excluding hydrogens is 192 g/mol. The van der Waals surface area contributed by atoms with E-state index < -0.39 is 0 Å². The number of nitrogens with zero attached hydrogens (tertiary/aromatic N) is 2. The van der Waals surface area contributed by atoms with E-state index in [0.29, 0.717) is 0 Å². The van der Waals surface area contributed by atoms with Crippen molar-refractivity contribution in [1.82, 2.24) is 10.2 Å². The summed E-state index contributed by atoms with van der Waals surface area (Å²) in [4.78, 5) is 0. The third kappa shape index (κ3) is 1.93. The van der Waals surface area contributed by atoms with E-state index in [1.165, 1.54) is 0 Å². The maximum Gasteiger partial charge on any atom is 0.119 e. The Hall–Kier alpha value is -1.35. The summed E-state index contributed by atoms with van der Waals surface area (Å²) in [6.45, 7) is 0. The maximum atomic E-state index is 4.15. The fourth-order valence-electron chi connectivity index (χ4n) is 1.19. The van der Waals surface area contributed by atoms with Crippen LogP contribution in [-0.4, -0.2) is 16.5 Å². The van der Waals surface area contributed by atoms with Crippen molar-refractivity contribution in [2.24, 2.45) is 0 Å². The summed E-state index contributed by atoms with van der Waals surface area (Å²) in [6, 6.07) is 14.0. The molecule has 0 atom stereocenters. The summed E-state index contributed by atoms with van der Waals surface area (Å²) in [5.74, 6) is 0. The number of rotatable bonds is 2. The fourth-order valence-corrected chi connectivity index (χ4v) is 1.52. The Bertz CT molecular complexity index is 397. The third-order valence-electron chi connectivity index (χ3n) is 1.92. The third-order valence-corrected chi connectivity index (χ3v) is 2.55. The van der Waals surface area contributed by atoms with Gasteiger partial charge in [-0.2, -0.15) is 0 Å². The summed E-state index contributed by atoms with van der Waals surface area (Å²) in [6.07, 6.45) is 1.99. The van der Waals surface area contributed by atoms with Gasteiger partial charge in [-0.1, -0.05) is 30.3 Å². The lowest BCUT2D eigenvalue weighted by Gasteiger charge is -1.99. The second-order valence-corrected chi connectivity index (χ2v) is 3.65. The fraction of sp³-hybridized carbons (Fsp3) is 0.0909. The summed E-state index contributed by atoms with van der Waals surface area (Å²) >= 11 is 1.60. The molecule has 0 fully saturated rings. The van der Waals surface area contributed by atoms with Gasteiger partial charge in [0, 0.05) is 5.56 Å². The van der Waals surface area contributed by atoms with Crippen LogP contribution in [0.5, 0.6) is 0 Å². The van der Waals surface area contributed by atoms with Gasteiger partial charge in [-0.3, -0.25) is 0 Å². The monoisotopic (exact) mass is 202 g/mol. The van der Waals surface area contributed by atoms with Crippen LogP contribution in [0.25, 0.3) is 11.3 Å². The first kappa shape index (κ1) is 9.21. The minimum Gasteiger partial charge on any atom is -0.149 e. The molecule has 0 spiro atoms. The van der Waals surface area contributed by atoms with Crippen molar-refractivity contribution in [3.05, 3.63) is 42.5 Å². The van der Waals surface area contributed by atoms with Crippen LogP contribution in [0.15, 0.2) is 47.5 Å². The average Bonchev–Trinajstić information content (AvgIpc) is 2.30. The molecule has 1 aromatic carbocycles. The normalized spacial score (nSPS) is 10.1. The first-order valence-corrected chi connectivity index (χ1v) is 5.56. The van der Waals surface area contributed by atoms with Crippen molar-refractivity contribution in [2.75, 3.05) is 6.26 Å². The standard InChI is InChI=1S/C11H10N2S/c1-14-11-8-7-10(12-13-11)9-5-3-2-4-6-9/h2-8H,1H3. The summed E-state index contributed by atoms with van der Waals surface area (Å²) in [5.41, 5.74) is 2.02. The van der Waals surface area contributed by atoms with Gasteiger partial charge < -0.3 is 0 Å². The van der Waals surface area contributed by atoms with Crippen molar-refractivity contribution in [3.8, 4) is 11.3 Å². The molecule has 0 aliphatic rings. The topological polar surface area (TPSA) is 25.8 Å².